The van der Waals surface area contributed by atoms with Gasteiger partial charge >= 0.3 is 166 Å². The number of ether oxygens (including phenoxy) is 1. The Morgan fingerprint density at radius 1 is 0.808 bits per heavy atom. The van der Waals surface area contributed by atoms with E-state index >= 15 is 0 Å². The third-order valence-electron chi connectivity index (χ3n) is 4.31. The summed E-state index contributed by atoms with van der Waals surface area (Å²) in [6.07, 6.45) is 0. The minimum absolute atomic E-state index is 0.198. The van der Waals surface area contributed by atoms with Gasteiger partial charge in [-0.05, 0) is 0 Å². The molecule has 132 valence electrons. The molecule has 1 unspecified atom stereocenters. The van der Waals surface area contributed by atoms with Gasteiger partial charge in [0, 0.05) is 0 Å². The molecule has 0 saturated carbocycles. The first-order valence-corrected chi connectivity index (χ1v) is 13.4. The van der Waals surface area contributed by atoms with Gasteiger partial charge in [0.2, 0.25) is 0 Å². The van der Waals surface area contributed by atoms with Crippen molar-refractivity contribution in [1.29, 1.82) is 0 Å². The van der Waals surface area contributed by atoms with Crippen LogP contribution in [-0.2, 0) is 9.53 Å². The topological polar surface area (TPSA) is 26.3 Å². The van der Waals surface area contributed by atoms with E-state index in [1.165, 1.54) is 13.1 Å². The molecule has 0 aliphatic carbocycles. The van der Waals surface area contributed by atoms with Crippen molar-refractivity contribution in [3.63, 3.8) is 0 Å². The Kier molecular flexibility index (Phi) is 6.34. The second-order valence-electron chi connectivity index (χ2n) is 5.82. The average Bonchev–Trinajstić information content (AvgIpc) is 2.71. The van der Waals surface area contributed by atoms with Gasteiger partial charge in [-0.25, -0.2) is 0 Å². The van der Waals surface area contributed by atoms with Crippen LogP contribution in [0.15, 0.2) is 91.0 Å². The van der Waals surface area contributed by atoms with Gasteiger partial charge in [0.15, 0.2) is 0 Å². The van der Waals surface area contributed by atoms with Crippen molar-refractivity contribution in [3.05, 3.63) is 91.0 Å². The Balaban J connectivity index is 2.33. The first-order chi connectivity index (χ1) is 12.7. The number of rotatable bonds is 6. The fourth-order valence-electron chi connectivity index (χ4n) is 3.20. The van der Waals surface area contributed by atoms with Crippen molar-refractivity contribution in [1.82, 2.24) is 0 Å². The van der Waals surface area contributed by atoms with Crippen LogP contribution in [0.2, 0.25) is 0 Å². The summed E-state index contributed by atoms with van der Waals surface area (Å²) in [5.74, 6) is -0.198. The molecule has 26 heavy (non-hydrogen) atoms. The van der Waals surface area contributed by atoms with E-state index in [2.05, 4.69) is 52.3 Å². The molecule has 0 saturated heterocycles. The van der Waals surface area contributed by atoms with E-state index in [4.69, 9.17) is 4.74 Å². The number of esters is 1. The average molecular weight is 472 g/mol. The molecule has 0 radical (unpaired) electrons. The zero-order valence-electron chi connectivity index (χ0n) is 14.6. The zero-order chi connectivity index (χ0) is 18.4. The molecule has 0 bridgehead atoms. The van der Waals surface area contributed by atoms with Gasteiger partial charge in [-0.1, -0.05) is 0 Å². The van der Waals surface area contributed by atoms with Crippen molar-refractivity contribution in [2.24, 2.45) is 0 Å². The van der Waals surface area contributed by atoms with Crippen molar-refractivity contribution in [2.75, 3.05) is 6.61 Å². The van der Waals surface area contributed by atoms with Crippen LogP contribution >= 0.6 is 15.9 Å². The summed E-state index contributed by atoms with van der Waals surface area (Å²) in [4.78, 5) is 12.9. The van der Waals surface area contributed by atoms with E-state index in [0.717, 1.165) is 0 Å². The maximum absolute atomic E-state index is 12.9. The fraction of sp³-hybridized carbons (Fsp3) is 0.136. The molecule has 0 aliphatic heterocycles. The summed E-state index contributed by atoms with van der Waals surface area (Å²) in [5.41, 5.74) is 0. The van der Waals surface area contributed by atoms with Gasteiger partial charge in [-0.3, -0.25) is 0 Å². The number of carbonyl (C=O) groups is 1. The summed E-state index contributed by atoms with van der Waals surface area (Å²) in [7, 11) is 0. The summed E-state index contributed by atoms with van der Waals surface area (Å²) in [5, 5.41) is 0. The van der Waals surface area contributed by atoms with E-state index in [1.54, 1.807) is 0 Å². The van der Waals surface area contributed by atoms with Crippen molar-refractivity contribution >= 4 is 48.5 Å². The molecule has 4 heteroatoms. The molecule has 0 aromatic heterocycles. The van der Waals surface area contributed by atoms with Crippen LogP contribution in [0.25, 0.3) is 0 Å². The molecule has 3 rings (SSSR count). The third kappa shape index (κ3) is 3.51. The van der Waals surface area contributed by atoms with Gasteiger partial charge in [0.25, 0.3) is 0 Å². The molecular formula is C22H21AsBrO2+. The molecule has 0 amide bonds. The Morgan fingerprint density at radius 3 is 1.46 bits per heavy atom. The normalized spacial score (nSPS) is 12.4. The molecule has 0 aliphatic rings. The maximum atomic E-state index is 12.9. The van der Waals surface area contributed by atoms with Crippen molar-refractivity contribution in [3.8, 4) is 0 Å². The van der Waals surface area contributed by atoms with E-state index in [-0.39, 0.29) is 5.97 Å². The summed E-state index contributed by atoms with van der Waals surface area (Å²) in [6.45, 7) is 2.22. The summed E-state index contributed by atoms with van der Waals surface area (Å²) >= 11 is 0.623. The third-order valence-corrected chi connectivity index (χ3v) is 16.7. The van der Waals surface area contributed by atoms with Gasteiger partial charge < -0.3 is 0 Å². The zero-order valence-corrected chi connectivity index (χ0v) is 18.0. The Hall–Kier alpha value is -1.83. The second kappa shape index (κ2) is 8.70. The standard InChI is InChI=1S/C22H21AsBrO2/c1-2-26-22(25)21(24)23(18-12-6-3-7-13-18,19-14-8-4-9-15-19)20-16-10-5-11-17-20/h3-17,21H,2H2,1H3/q+1. The van der Waals surface area contributed by atoms with Crippen LogP contribution < -0.4 is 13.1 Å². The molecule has 0 N–H and O–H groups in total. The Morgan fingerprint density at radius 2 is 1.15 bits per heavy atom. The van der Waals surface area contributed by atoms with Crippen LogP contribution in [-0.4, -0.2) is 29.7 Å². The Labute approximate surface area is 165 Å². The van der Waals surface area contributed by atoms with E-state index in [0.29, 0.717) is 6.61 Å². The predicted molar refractivity (Wildman–Crippen MR) is 113 cm³/mol. The molecule has 0 heterocycles. The molecule has 3 aromatic rings. The van der Waals surface area contributed by atoms with Crippen LogP contribution in [0.4, 0.5) is 0 Å². The quantitative estimate of drug-likeness (QED) is 0.314. The first kappa shape index (κ1) is 18.9. The number of halogens is 1. The van der Waals surface area contributed by atoms with E-state index < -0.39 is 17.2 Å². The number of carbonyl (C=O) groups excluding carboxylic acids is 1. The van der Waals surface area contributed by atoms with Crippen molar-refractivity contribution < 1.29 is 9.53 Å². The SMILES string of the molecule is CCOC(=O)C(Br)[As+](c1ccccc1)(c1ccccc1)c1ccccc1. The van der Waals surface area contributed by atoms with E-state index in [9.17, 15) is 4.79 Å². The molecule has 3 aromatic carbocycles. The van der Waals surface area contributed by atoms with Crippen molar-refractivity contribution in [2.45, 2.75) is 10.5 Å². The second-order valence-corrected chi connectivity index (χ2v) is 15.6. The van der Waals surface area contributed by atoms with Crippen LogP contribution in [0, 0.1) is 0 Å². The number of hydrogen-bond donors (Lipinski definition) is 0. The number of alkyl halides is 1. The predicted octanol–water partition coefficient (Wildman–Crippen LogP) is 3.02. The number of benzene rings is 3. The van der Waals surface area contributed by atoms with Crippen LogP contribution in [0.5, 0.6) is 0 Å². The van der Waals surface area contributed by atoms with Gasteiger partial charge in [0.05, 0.1) is 0 Å². The monoisotopic (exact) mass is 471 g/mol. The minimum atomic E-state index is -3.16. The first-order valence-electron chi connectivity index (χ1n) is 8.57. The number of hydrogen-bond acceptors (Lipinski definition) is 2. The molecular weight excluding hydrogens is 451 g/mol. The summed E-state index contributed by atoms with van der Waals surface area (Å²) < 4.78 is 8.66. The molecule has 1 atom stereocenters. The molecule has 0 spiro atoms. The van der Waals surface area contributed by atoms with Gasteiger partial charge in [-0.15, -0.1) is 0 Å². The Bertz CT molecular complexity index is 741. The summed E-state index contributed by atoms with van der Waals surface area (Å²) in [6, 6.07) is 31.1. The van der Waals surface area contributed by atoms with E-state index in [1.807, 2.05) is 61.5 Å². The van der Waals surface area contributed by atoms with Gasteiger partial charge in [-0.2, -0.15) is 0 Å². The molecule has 0 fully saturated rings. The fourth-order valence-corrected chi connectivity index (χ4v) is 15.4. The van der Waals surface area contributed by atoms with Gasteiger partial charge in [0.1, 0.15) is 0 Å². The van der Waals surface area contributed by atoms with Crippen LogP contribution in [0.1, 0.15) is 6.92 Å². The molecule has 2 nitrogen and oxygen atoms in total. The van der Waals surface area contributed by atoms with Crippen LogP contribution in [0.3, 0.4) is 0 Å².